The van der Waals surface area contributed by atoms with Crippen LogP contribution in [0.4, 0.5) is 52.7 Å². The first-order valence-electron chi connectivity index (χ1n) is 16.2. The molecule has 12 nitrogen and oxygen atoms in total. The Hall–Kier alpha value is -5.68. The van der Waals surface area contributed by atoms with E-state index in [-0.39, 0.29) is 87.0 Å². The quantitative estimate of drug-likeness (QED) is 0.160. The van der Waals surface area contributed by atoms with Crippen LogP contribution >= 0.6 is 0 Å². The zero-order valence-electron chi connectivity index (χ0n) is 28.4. The van der Waals surface area contributed by atoms with Crippen molar-refractivity contribution in [2.45, 2.75) is 63.8 Å². The van der Waals surface area contributed by atoms with Crippen LogP contribution in [0.25, 0.3) is 0 Å². The summed E-state index contributed by atoms with van der Waals surface area (Å²) < 4.78 is 158. The largest absolute Gasteiger partial charge is 0.451 e. The van der Waals surface area contributed by atoms with Crippen LogP contribution in [0.1, 0.15) is 40.8 Å². The number of hydrogen-bond acceptors (Lipinski definition) is 8. The fraction of sp³-hybridized carbons (Fsp3) is 0.375. The average molecular weight is 813 g/mol. The molecule has 1 atom stereocenters. The van der Waals surface area contributed by atoms with Gasteiger partial charge in [0.15, 0.2) is 34.9 Å². The number of allylic oxidation sites excluding steroid dienone is 1. The van der Waals surface area contributed by atoms with Crippen molar-refractivity contribution < 1.29 is 62.3 Å². The normalized spacial score (nSPS) is 15.2. The molecular weight excluding hydrogens is 784 g/mol. The van der Waals surface area contributed by atoms with E-state index in [0.29, 0.717) is 24.3 Å². The van der Waals surface area contributed by atoms with Gasteiger partial charge < -0.3 is 30.4 Å². The zero-order chi connectivity index (χ0) is 41.3. The number of carbonyl (C=O) groups is 2. The number of aromatic nitrogens is 6. The lowest BCUT2D eigenvalue weighted by molar-refractivity contribution is -0.149. The summed E-state index contributed by atoms with van der Waals surface area (Å²) in [6.07, 6.45) is -9.16. The van der Waals surface area contributed by atoms with Crippen molar-refractivity contribution in [1.82, 2.24) is 39.3 Å². The molecule has 4 aromatic rings. The van der Waals surface area contributed by atoms with E-state index in [4.69, 9.17) is 11.5 Å². The molecule has 4 N–H and O–H groups in total. The third-order valence-corrected chi connectivity index (χ3v) is 8.48. The molecule has 0 spiro atoms. The molecular formula is C32H28F12N10O2. The second-order valence-corrected chi connectivity index (χ2v) is 12.5. The second-order valence-electron chi connectivity index (χ2n) is 12.5. The Balaban J connectivity index is 0.000000214. The van der Waals surface area contributed by atoms with Crippen LogP contribution in [0.2, 0.25) is 0 Å². The topological polar surface area (TPSA) is 154 Å². The fourth-order valence-corrected chi connectivity index (χ4v) is 5.78. The Labute approximate surface area is 307 Å². The van der Waals surface area contributed by atoms with Gasteiger partial charge in [0.1, 0.15) is 11.6 Å². The predicted molar refractivity (Wildman–Crippen MR) is 166 cm³/mol. The first kappa shape index (κ1) is 41.5. The van der Waals surface area contributed by atoms with E-state index < -0.39 is 76.8 Å². The van der Waals surface area contributed by atoms with Crippen molar-refractivity contribution in [2.75, 3.05) is 13.1 Å². The maximum absolute atomic E-state index is 13.7. The van der Waals surface area contributed by atoms with Crippen molar-refractivity contribution in [1.29, 1.82) is 0 Å². The number of halogens is 12. The zero-order valence-corrected chi connectivity index (χ0v) is 28.4. The third kappa shape index (κ3) is 9.57. The Bertz CT molecular complexity index is 2150. The molecule has 0 radical (unpaired) electrons. The highest BCUT2D eigenvalue weighted by Gasteiger charge is 2.41. The number of alkyl halides is 6. The molecule has 0 saturated carbocycles. The van der Waals surface area contributed by atoms with E-state index in [1.807, 2.05) is 0 Å². The van der Waals surface area contributed by atoms with Crippen LogP contribution in [0.5, 0.6) is 0 Å². The summed E-state index contributed by atoms with van der Waals surface area (Å²) in [5.74, 6) is -10.6. The standard InChI is InChI=1S/C16H15F6N5O.C16H13F6N5O/c2*17-10-6-12(19)11(18)4-8(10)3-9(23)5-14(28)26-1-2-27-13(7-26)24-25-15(27)16(20,21)22/h4,6,9H,1-3,5,7,23H2;4-6H,1-3,7,23H2/b;9-5-. The van der Waals surface area contributed by atoms with Crippen molar-refractivity contribution in [2.24, 2.45) is 11.5 Å². The smallest absolute Gasteiger partial charge is 0.402 e. The molecule has 2 aromatic carbocycles. The summed E-state index contributed by atoms with van der Waals surface area (Å²) in [5, 5.41) is 13.2. The van der Waals surface area contributed by atoms with Gasteiger partial charge in [0.25, 0.3) is 0 Å². The summed E-state index contributed by atoms with van der Waals surface area (Å²) in [4.78, 5) is 27.1. The van der Waals surface area contributed by atoms with Crippen LogP contribution in [0.15, 0.2) is 36.0 Å². The van der Waals surface area contributed by atoms with Crippen LogP contribution < -0.4 is 11.5 Å². The summed E-state index contributed by atoms with van der Waals surface area (Å²) in [7, 11) is 0. The van der Waals surface area contributed by atoms with Gasteiger partial charge in [0.05, 0.1) is 13.1 Å². The van der Waals surface area contributed by atoms with Crippen LogP contribution in [-0.2, 0) is 61.0 Å². The first-order chi connectivity index (χ1) is 26.1. The number of benzene rings is 2. The van der Waals surface area contributed by atoms with Crippen LogP contribution in [0.3, 0.4) is 0 Å². The molecule has 2 aliphatic rings. The molecule has 2 aromatic heterocycles. The van der Waals surface area contributed by atoms with Crippen LogP contribution in [0, 0.1) is 34.9 Å². The van der Waals surface area contributed by atoms with Gasteiger partial charge in [-0.1, -0.05) is 0 Å². The molecule has 302 valence electrons. The monoisotopic (exact) mass is 812 g/mol. The summed E-state index contributed by atoms with van der Waals surface area (Å²) in [6.45, 7) is -0.723. The SMILES string of the molecule is N/C(=C\C(=O)N1CCn2c(nnc2C(F)(F)F)C1)Cc1cc(F)c(F)cc1F.NC(CC(=O)N1CCn2c(nnc2C(F)(F)F)C1)Cc1cc(F)c(F)cc1F. The summed E-state index contributed by atoms with van der Waals surface area (Å²) in [5.41, 5.74) is 10.9. The number of nitrogens with two attached hydrogens (primary N) is 2. The second kappa shape index (κ2) is 16.2. The number of carbonyl (C=O) groups excluding carboxylic acids is 2. The Morgan fingerprint density at radius 3 is 1.62 bits per heavy atom. The minimum Gasteiger partial charge on any atom is -0.402 e. The van der Waals surface area contributed by atoms with Gasteiger partial charge in [-0.2, -0.15) is 26.3 Å². The minimum atomic E-state index is -4.66. The van der Waals surface area contributed by atoms with Gasteiger partial charge in [-0.3, -0.25) is 9.59 Å². The summed E-state index contributed by atoms with van der Waals surface area (Å²) >= 11 is 0. The van der Waals surface area contributed by atoms with E-state index in [9.17, 15) is 62.3 Å². The van der Waals surface area contributed by atoms with Crippen molar-refractivity contribution >= 4 is 11.8 Å². The Morgan fingerprint density at radius 2 is 1.11 bits per heavy atom. The molecule has 24 heteroatoms. The Kier molecular flexibility index (Phi) is 12.0. The van der Waals surface area contributed by atoms with Crippen molar-refractivity contribution in [3.63, 3.8) is 0 Å². The average Bonchev–Trinajstić information content (AvgIpc) is 3.74. The van der Waals surface area contributed by atoms with E-state index >= 15 is 0 Å². The lowest BCUT2D eigenvalue weighted by atomic mass is 10.0. The van der Waals surface area contributed by atoms with Crippen molar-refractivity contribution in [3.05, 3.63) is 105 Å². The molecule has 1 unspecified atom stereocenters. The molecule has 2 amide bonds. The minimum absolute atomic E-state index is 0.000783. The predicted octanol–water partition coefficient (Wildman–Crippen LogP) is 4.16. The van der Waals surface area contributed by atoms with Gasteiger partial charge in [-0.25, -0.2) is 26.3 Å². The van der Waals surface area contributed by atoms with E-state index in [1.54, 1.807) is 0 Å². The van der Waals surface area contributed by atoms with Crippen molar-refractivity contribution in [3.8, 4) is 0 Å². The molecule has 4 heterocycles. The molecule has 0 fully saturated rings. The molecule has 56 heavy (non-hydrogen) atoms. The lowest BCUT2D eigenvalue weighted by Crippen LogP contribution is -2.42. The van der Waals surface area contributed by atoms with Gasteiger partial charge in [-0.05, 0) is 29.7 Å². The van der Waals surface area contributed by atoms with E-state index in [1.165, 1.54) is 9.80 Å². The number of hydrogen-bond donors (Lipinski definition) is 2. The van der Waals surface area contributed by atoms with Crippen LogP contribution in [-0.4, -0.2) is 70.3 Å². The molecule has 6 rings (SSSR count). The van der Waals surface area contributed by atoms with Gasteiger partial charge in [0, 0.05) is 69.0 Å². The van der Waals surface area contributed by atoms with E-state index in [0.717, 1.165) is 15.2 Å². The Morgan fingerprint density at radius 1 is 0.661 bits per heavy atom. The molecule has 0 aliphatic carbocycles. The third-order valence-electron chi connectivity index (χ3n) is 8.48. The number of fused-ring (bicyclic) bond motifs is 2. The maximum atomic E-state index is 13.7. The van der Waals surface area contributed by atoms with Gasteiger partial charge in [0.2, 0.25) is 23.5 Å². The lowest BCUT2D eigenvalue weighted by Gasteiger charge is -2.29. The summed E-state index contributed by atoms with van der Waals surface area (Å²) in [6, 6.07) is 1.19. The van der Waals surface area contributed by atoms with Gasteiger partial charge >= 0.3 is 12.4 Å². The van der Waals surface area contributed by atoms with E-state index in [2.05, 4.69) is 20.4 Å². The highest BCUT2D eigenvalue weighted by Crippen LogP contribution is 2.31. The molecule has 0 saturated heterocycles. The first-order valence-corrected chi connectivity index (χ1v) is 16.2. The highest BCUT2D eigenvalue weighted by atomic mass is 19.4. The molecule has 0 bridgehead atoms. The number of amides is 2. The number of nitrogens with zero attached hydrogens (tertiary/aromatic N) is 8. The maximum Gasteiger partial charge on any atom is 0.451 e. The highest BCUT2D eigenvalue weighted by molar-refractivity contribution is 5.88. The van der Waals surface area contributed by atoms with Gasteiger partial charge in [-0.15, -0.1) is 20.4 Å². The number of rotatable bonds is 7. The fourth-order valence-electron chi connectivity index (χ4n) is 5.78. The molecule has 2 aliphatic heterocycles.